The zero-order valence-corrected chi connectivity index (χ0v) is 23.8. The van der Waals surface area contributed by atoms with Gasteiger partial charge in [0.1, 0.15) is 22.3 Å². The summed E-state index contributed by atoms with van der Waals surface area (Å²) in [6.45, 7) is 16.2. The fourth-order valence-corrected chi connectivity index (χ4v) is 6.37. The third-order valence-electron chi connectivity index (χ3n) is 7.21. The summed E-state index contributed by atoms with van der Waals surface area (Å²) in [6.07, 6.45) is 2.95. The van der Waals surface area contributed by atoms with E-state index in [1.807, 2.05) is 50.8 Å². The number of anilines is 1. The number of benzene rings is 1. The maximum Gasteiger partial charge on any atom is 0.356 e. The molecule has 0 saturated carbocycles. The minimum atomic E-state index is -0.538. The molecule has 1 aromatic carbocycles. The summed E-state index contributed by atoms with van der Waals surface area (Å²) >= 11 is 1.32. The van der Waals surface area contributed by atoms with Crippen LogP contribution in [0.2, 0.25) is 0 Å². The van der Waals surface area contributed by atoms with Crippen molar-refractivity contribution >= 4 is 40.2 Å². The number of aromatic nitrogens is 4. The highest BCUT2D eigenvalue weighted by atomic mass is 32.1. The number of hydrogen-bond acceptors (Lipinski definition) is 7. The molecule has 4 aromatic rings. The number of nitrogens with zero attached hydrogens (tertiary/aromatic N) is 6. The predicted octanol–water partition coefficient (Wildman–Crippen LogP) is 5.42. The molecule has 4 heterocycles. The minimum Gasteiger partial charge on any atom is -0.347 e. The molecule has 0 unspecified atom stereocenters. The third kappa shape index (κ3) is 4.62. The van der Waals surface area contributed by atoms with Crippen molar-refractivity contribution in [3.8, 4) is 16.3 Å². The standard InChI is InChI=1S/C30H31FN6O2S/c1-7-20-11-9-10-12-21(20)26-23(31)13-22-27(33-26)37(29-25(17(3)4)32-16-40-29)30(39)34-28(22)36-18(5)14-35(15-19(36)6)24(38)8-2/h7-13,16-19H,1-2,14-15H2,3-6H3/t18-,19-/m0/s1. The Morgan fingerprint density at radius 3 is 2.50 bits per heavy atom. The predicted molar refractivity (Wildman–Crippen MR) is 159 cm³/mol. The zero-order chi connectivity index (χ0) is 28.7. The molecule has 0 bridgehead atoms. The lowest BCUT2D eigenvalue weighted by Gasteiger charge is -2.45. The number of pyridine rings is 1. The van der Waals surface area contributed by atoms with Crippen molar-refractivity contribution < 1.29 is 9.18 Å². The van der Waals surface area contributed by atoms with Gasteiger partial charge in [0.2, 0.25) is 5.91 Å². The monoisotopic (exact) mass is 558 g/mol. The summed E-state index contributed by atoms with van der Waals surface area (Å²) in [4.78, 5) is 43.7. The molecular weight excluding hydrogens is 527 g/mol. The molecule has 1 amide bonds. The molecule has 1 fully saturated rings. The molecule has 10 heteroatoms. The molecule has 1 aliphatic heterocycles. The molecule has 1 aliphatic rings. The number of amides is 1. The van der Waals surface area contributed by atoms with Gasteiger partial charge in [-0.2, -0.15) is 4.98 Å². The summed E-state index contributed by atoms with van der Waals surface area (Å²) in [7, 11) is 0. The highest BCUT2D eigenvalue weighted by Crippen LogP contribution is 2.35. The van der Waals surface area contributed by atoms with Crippen molar-refractivity contribution in [1.29, 1.82) is 0 Å². The molecule has 0 aliphatic carbocycles. The number of piperazine rings is 1. The molecule has 0 spiro atoms. The molecule has 8 nitrogen and oxygen atoms in total. The first-order valence-corrected chi connectivity index (χ1v) is 14.0. The first kappa shape index (κ1) is 27.4. The van der Waals surface area contributed by atoms with Crippen molar-refractivity contribution in [2.75, 3.05) is 18.0 Å². The number of rotatable bonds is 6. The summed E-state index contributed by atoms with van der Waals surface area (Å²) < 4.78 is 17.4. The molecule has 2 atom stereocenters. The van der Waals surface area contributed by atoms with Gasteiger partial charge in [0.15, 0.2) is 5.65 Å². The Morgan fingerprint density at radius 1 is 1.15 bits per heavy atom. The second-order valence-corrected chi connectivity index (χ2v) is 11.1. The van der Waals surface area contributed by atoms with Crippen LogP contribution in [0.3, 0.4) is 0 Å². The number of fused-ring (bicyclic) bond motifs is 1. The smallest absolute Gasteiger partial charge is 0.347 e. The second-order valence-electron chi connectivity index (χ2n) is 10.3. The van der Waals surface area contributed by atoms with Crippen molar-refractivity contribution in [2.45, 2.75) is 45.7 Å². The number of carbonyl (C=O) groups is 1. The van der Waals surface area contributed by atoms with Crippen molar-refractivity contribution in [3.63, 3.8) is 0 Å². The van der Waals surface area contributed by atoms with E-state index in [2.05, 4.69) is 23.1 Å². The lowest BCUT2D eigenvalue weighted by atomic mass is 10.0. The summed E-state index contributed by atoms with van der Waals surface area (Å²) in [5.41, 5.74) is 3.60. The number of hydrogen-bond donors (Lipinski definition) is 0. The first-order valence-electron chi connectivity index (χ1n) is 13.1. The van der Waals surface area contributed by atoms with Crippen LogP contribution in [0.1, 0.15) is 44.9 Å². The van der Waals surface area contributed by atoms with Gasteiger partial charge in [-0.05, 0) is 37.5 Å². The van der Waals surface area contributed by atoms with Crippen LogP contribution in [0.15, 0.2) is 59.9 Å². The topological polar surface area (TPSA) is 84.2 Å². The molecule has 40 heavy (non-hydrogen) atoms. The van der Waals surface area contributed by atoms with Crippen LogP contribution in [0.25, 0.3) is 33.4 Å². The van der Waals surface area contributed by atoms with Crippen LogP contribution < -0.4 is 10.6 Å². The van der Waals surface area contributed by atoms with Crippen molar-refractivity contribution in [1.82, 2.24) is 24.4 Å². The average molecular weight is 559 g/mol. The van der Waals surface area contributed by atoms with Crippen LogP contribution in [-0.2, 0) is 4.79 Å². The molecule has 0 N–H and O–H groups in total. The quantitative estimate of drug-likeness (QED) is 0.294. The van der Waals surface area contributed by atoms with E-state index < -0.39 is 11.5 Å². The van der Waals surface area contributed by atoms with E-state index in [4.69, 9.17) is 4.98 Å². The first-order chi connectivity index (χ1) is 19.2. The van der Waals surface area contributed by atoms with Crippen LogP contribution in [-0.4, -0.2) is 55.5 Å². The second kappa shape index (κ2) is 10.8. The SMILES string of the molecule is C=CC(=O)N1C[C@H](C)N(c2nc(=O)n(-c3scnc3C(C)C)c3nc(-c4ccccc4C=C)c(F)cc23)[C@@H](C)C1. The van der Waals surface area contributed by atoms with E-state index in [-0.39, 0.29) is 29.6 Å². The Morgan fingerprint density at radius 2 is 1.85 bits per heavy atom. The van der Waals surface area contributed by atoms with Gasteiger partial charge in [-0.1, -0.05) is 57.3 Å². The fourth-order valence-electron chi connectivity index (χ4n) is 5.43. The van der Waals surface area contributed by atoms with E-state index >= 15 is 4.39 Å². The summed E-state index contributed by atoms with van der Waals surface area (Å²) in [5.74, 6) is -0.312. The molecule has 1 saturated heterocycles. The van der Waals surface area contributed by atoms with Gasteiger partial charge in [-0.25, -0.2) is 23.7 Å². The Balaban J connectivity index is 1.80. The van der Waals surface area contributed by atoms with E-state index in [9.17, 15) is 9.59 Å². The third-order valence-corrected chi connectivity index (χ3v) is 8.04. The number of carbonyl (C=O) groups excluding carboxylic acids is 1. The molecule has 206 valence electrons. The van der Waals surface area contributed by atoms with Gasteiger partial charge >= 0.3 is 5.69 Å². The van der Waals surface area contributed by atoms with Crippen molar-refractivity contribution in [2.24, 2.45) is 0 Å². The lowest BCUT2D eigenvalue weighted by Crippen LogP contribution is -2.58. The van der Waals surface area contributed by atoms with Gasteiger partial charge in [0.05, 0.1) is 16.6 Å². The maximum atomic E-state index is 16.0. The largest absolute Gasteiger partial charge is 0.356 e. The van der Waals surface area contributed by atoms with Gasteiger partial charge < -0.3 is 9.80 Å². The molecular formula is C30H31FN6O2S. The zero-order valence-electron chi connectivity index (χ0n) is 23.0. The van der Waals surface area contributed by atoms with Crippen LogP contribution in [0, 0.1) is 5.82 Å². The molecule has 0 radical (unpaired) electrons. The normalized spacial score (nSPS) is 17.4. The van der Waals surface area contributed by atoms with Gasteiger partial charge in [0, 0.05) is 30.7 Å². The summed E-state index contributed by atoms with van der Waals surface area (Å²) in [6, 6.07) is 8.30. The number of thiazole rings is 1. The van der Waals surface area contributed by atoms with Gasteiger partial charge in [0.25, 0.3) is 0 Å². The highest BCUT2D eigenvalue weighted by Gasteiger charge is 2.34. The Bertz CT molecular complexity index is 1680. The van der Waals surface area contributed by atoms with E-state index in [0.717, 1.165) is 11.3 Å². The van der Waals surface area contributed by atoms with E-state index in [1.54, 1.807) is 22.6 Å². The lowest BCUT2D eigenvalue weighted by molar-refractivity contribution is -0.127. The summed E-state index contributed by atoms with van der Waals surface area (Å²) in [5, 5.41) is 1.01. The van der Waals surface area contributed by atoms with Crippen LogP contribution in [0.4, 0.5) is 10.2 Å². The Hall–Kier alpha value is -4.18. The number of halogens is 1. The van der Waals surface area contributed by atoms with Crippen molar-refractivity contribution in [3.05, 3.63) is 82.6 Å². The maximum absolute atomic E-state index is 16.0. The average Bonchev–Trinajstić information content (AvgIpc) is 3.42. The van der Waals surface area contributed by atoms with Crippen LogP contribution in [0.5, 0.6) is 0 Å². The van der Waals surface area contributed by atoms with E-state index in [0.29, 0.717) is 40.5 Å². The molecule has 3 aromatic heterocycles. The van der Waals surface area contributed by atoms with Gasteiger partial charge in [-0.15, -0.1) is 11.3 Å². The Labute approximate surface area is 236 Å². The molecule has 5 rings (SSSR count). The minimum absolute atomic E-state index is 0.0415. The van der Waals surface area contributed by atoms with E-state index in [1.165, 1.54) is 28.0 Å². The highest BCUT2D eigenvalue weighted by molar-refractivity contribution is 7.12. The van der Waals surface area contributed by atoms with Gasteiger partial charge in [-0.3, -0.25) is 4.79 Å². The van der Waals surface area contributed by atoms with Crippen LogP contribution >= 0.6 is 11.3 Å². The fraction of sp³-hybridized carbons (Fsp3) is 0.300. The Kier molecular flexibility index (Phi) is 7.37.